The van der Waals surface area contributed by atoms with Crippen LogP contribution in [-0.4, -0.2) is 58.2 Å². The van der Waals surface area contributed by atoms with Crippen LogP contribution in [0.25, 0.3) is 0 Å². The number of nitrogens with zero attached hydrogens (tertiary/aromatic N) is 2. The molecule has 2 saturated heterocycles. The summed E-state index contributed by atoms with van der Waals surface area (Å²) in [6, 6.07) is 12.9. The van der Waals surface area contributed by atoms with E-state index in [9.17, 15) is 14.7 Å². The lowest BCUT2D eigenvalue weighted by Crippen LogP contribution is -2.58. The summed E-state index contributed by atoms with van der Waals surface area (Å²) >= 11 is 1.33. The molecule has 2 fully saturated rings. The van der Waals surface area contributed by atoms with Gasteiger partial charge in [-0.1, -0.05) is 36.4 Å². The standard InChI is InChI=1S/C20H22N2O4S/c23-18(17-7-4-12-27-17)22-16(19(24)25)14-26-20(22)8-10-21(11-9-20)13-15-5-2-1-3-6-15/h1-7,12,16H,8-11,13-14H2,(H,24,25)/t16-/m1/s1. The predicted molar refractivity (Wildman–Crippen MR) is 102 cm³/mol. The summed E-state index contributed by atoms with van der Waals surface area (Å²) in [7, 11) is 0. The van der Waals surface area contributed by atoms with E-state index in [-0.39, 0.29) is 12.5 Å². The molecule has 0 bridgehead atoms. The van der Waals surface area contributed by atoms with Gasteiger partial charge in [0.25, 0.3) is 5.91 Å². The summed E-state index contributed by atoms with van der Waals surface area (Å²) in [5.74, 6) is -1.25. The van der Waals surface area contributed by atoms with E-state index in [4.69, 9.17) is 4.74 Å². The largest absolute Gasteiger partial charge is 0.480 e. The van der Waals surface area contributed by atoms with Crippen molar-refractivity contribution < 1.29 is 19.4 Å². The normalized spacial score (nSPS) is 22.2. The molecule has 6 nitrogen and oxygen atoms in total. The number of amides is 1. The van der Waals surface area contributed by atoms with Gasteiger partial charge in [0.05, 0.1) is 11.5 Å². The van der Waals surface area contributed by atoms with Crippen molar-refractivity contribution in [1.29, 1.82) is 0 Å². The Labute approximate surface area is 162 Å². The van der Waals surface area contributed by atoms with Gasteiger partial charge in [0.2, 0.25) is 0 Å². The summed E-state index contributed by atoms with van der Waals surface area (Å²) in [6.45, 7) is 2.41. The monoisotopic (exact) mass is 386 g/mol. The second kappa shape index (κ2) is 7.42. The first-order valence-corrected chi connectivity index (χ1v) is 9.97. The summed E-state index contributed by atoms with van der Waals surface area (Å²) in [5, 5.41) is 11.4. The lowest BCUT2D eigenvalue weighted by Gasteiger charge is -2.44. The lowest BCUT2D eigenvalue weighted by molar-refractivity contribution is -0.144. The van der Waals surface area contributed by atoms with E-state index in [0.29, 0.717) is 17.7 Å². The van der Waals surface area contributed by atoms with Crippen LogP contribution in [0.4, 0.5) is 0 Å². The minimum atomic E-state index is -1.01. The molecule has 4 rings (SSSR count). The van der Waals surface area contributed by atoms with E-state index in [1.165, 1.54) is 21.8 Å². The fraction of sp³-hybridized carbons (Fsp3) is 0.400. The topological polar surface area (TPSA) is 70.1 Å². The highest BCUT2D eigenvalue weighted by molar-refractivity contribution is 7.12. The Balaban J connectivity index is 1.51. The van der Waals surface area contributed by atoms with Gasteiger partial charge in [0.15, 0.2) is 6.04 Å². The number of thiophene rings is 1. The van der Waals surface area contributed by atoms with Crippen molar-refractivity contribution in [2.24, 2.45) is 0 Å². The van der Waals surface area contributed by atoms with Crippen molar-refractivity contribution in [2.75, 3.05) is 19.7 Å². The molecule has 1 spiro atoms. The second-order valence-electron chi connectivity index (χ2n) is 7.03. The van der Waals surface area contributed by atoms with Gasteiger partial charge < -0.3 is 9.84 Å². The van der Waals surface area contributed by atoms with Gasteiger partial charge in [-0.15, -0.1) is 11.3 Å². The van der Waals surface area contributed by atoms with Gasteiger partial charge in [-0.3, -0.25) is 14.6 Å². The third kappa shape index (κ3) is 3.50. The molecule has 2 aliphatic heterocycles. The zero-order valence-corrected chi connectivity index (χ0v) is 15.7. The fourth-order valence-electron chi connectivity index (χ4n) is 3.98. The first kappa shape index (κ1) is 18.2. The third-order valence-corrected chi connectivity index (χ3v) is 6.24. The zero-order chi connectivity index (χ0) is 18.9. The maximum absolute atomic E-state index is 13.0. The van der Waals surface area contributed by atoms with Crippen LogP contribution in [0.5, 0.6) is 0 Å². The van der Waals surface area contributed by atoms with Crippen LogP contribution in [-0.2, 0) is 16.1 Å². The smallest absolute Gasteiger partial charge is 0.328 e. The minimum absolute atomic E-state index is 0.0468. The number of carboxylic acids is 1. The van der Waals surface area contributed by atoms with Gasteiger partial charge in [-0.2, -0.15) is 0 Å². The summed E-state index contributed by atoms with van der Waals surface area (Å²) in [4.78, 5) is 29.2. The molecule has 1 aromatic heterocycles. The second-order valence-corrected chi connectivity index (χ2v) is 7.97. The molecular weight excluding hydrogens is 364 g/mol. The van der Waals surface area contributed by atoms with Crippen LogP contribution in [0, 0.1) is 0 Å². The number of carboxylic acid groups (broad SMARTS) is 1. The molecule has 1 aromatic carbocycles. The molecule has 27 heavy (non-hydrogen) atoms. The molecule has 0 aliphatic carbocycles. The van der Waals surface area contributed by atoms with Crippen LogP contribution >= 0.6 is 11.3 Å². The molecule has 0 saturated carbocycles. The Morgan fingerprint density at radius 3 is 2.52 bits per heavy atom. The van der Waals surface area contributed by atoms with Crippen LogP contribution in [0.15, 0.2) is 47.8 Å². The average molecular weight is 386 g/mol. The van der Waals surface area contributed by atoms with Crippen molar-refractivity contribution in [1.82, 2.24) is 9.80 Å². The molecule has 2 aliphatic rings. The summed E-state index contributed by atoms with van der Waals surface area (Å²) in [5.41, 5.74) is 0.424. The Hall–Kier alpha value is -2.22. The van der Waals surface area contributed by atoms with Gasteiger partial charge in [0.1, 0.15) is 5.72 Å². The van der Waals surface area contributed by atoms with E-state index in [1.807, 2.05) is 23.6 Å². The van der Waals surface area contributed by atoms with E-state index in [0.717, 1.165) is 19.6 Å². The van der Waals surface area contributed by atoms with Crippen LogP contribution in [0.2, 0.25) is 0 Å². The number of rotatable bonds is 4. The van der Waals surface area contributed by atoms with Crippen LogP contribution in [0.1, 0.15) is 28.1 Å². The van der Waals surface area contributed by atoms with E-state index in [2.05, 4.69) is 17.0 Å². The Morgan fingerprint density at radius 1 is 1.15 bits per heavy atom. The van der Waals surface area contributed by atoms with Crippen LogP contribution < -0.4 is 0 Å². The van der Waals surface area contributed by atoms with E-state index >= 15 is 0 Å². The van der Waals surface area contributed by atoms with Gasteiger partial charge in [-0.05, 0) is 17.0 Å². The number of benzene rings is 1. The van der Waals surface area contributed by atoms with Crippen molar-refractivity contribution in [3.63, 3.8) is 0 Å². The quantitative estimate of drug-likeness (QED) is 0.875. The number of hydrogen-bond donors (Lipinski definition) is 1. The number of likely N-dealkylation sites (tertiary alicyclic amines) is 1. The molecule has 2 aromatic rings. The van der Waals surface area contributed by atoms with Gasteiger partial charge >= 0.3 is 5.97 Å². The van der Waals surface area contributed by atoms with Gasteiger partial charge in [-0.25, -0.2) is 4.79 Å². The van der Waals surface area contributed by atoms with Crippen molar-refractivity contribution in [3.05, 3.63) is 58.3 Å². The molecule has 0 unspecified atom stereocenters. The maximum Gasteiger partial charge on any atom is 0.328 e. The number of carbonyl (C=O) groups is 2. The molecule has 1 N–H and O–H groups in total. The molecule has 0 radical (unpaired) electrons. The Kier molecular flexibility index (Phi) is 4.99. The van der Waals surface area contributed by atoms with E-state index in [1.54, 1.807) is 12.1 Å². The highest BCUT2D eigenvalue weighted by Crippen LogP contribution is 2.39. The van der Waals surface area contributed by atoms with Crippen LogP contribution in [0.3, 0.4) is 0 Å². The highest BCUT2D eigenvalue weighted by atomic mass is 32.1. The molecule has 1 amide bonds. The van der Waals surface area contributed by atoms with Crippen molar-refractivity contribution in [2.45, 2.75) is 31.2 Å². The highest BCUT2D eigenvalue weighted by Gasteiger charge is 2.54. The number of hydrogen-bond acceptors (Lipinski definition) is 5. The van der Waals surface area contributed by atoms with Gasteiger partial charge in [0, 0.05) is 32.5 Å². The number of aliphatic carboxylic acids is 1. The first-order valence-electron chi connectivity index (χ1n) is 9.09. The number of ether oxygens (including phenoxy) is 1. The minimum Gasteiger partial charge on any atom is -0.480 e. The summed E-state index contributed by atoms with van der Waals surface area (Å²) in [6.07, 6.45) is 1.22. The molecule has 7 heteroatoms. The Morgan fingerprint density at radius 2 is 1.89 bits per heavy atom. The molecule has 142 valence electrons. The maximum atomic E-state index is 13.0. The SMILES string of the molecule is O=C(O)[C@H]1COC2(CCN(Cc3ccccc3)CC2)N1C(=O)c1cccs1. The lowest BCUT2D eigenvalue weighted by atomic mass is 9.97. The first-order chi connectivity index (χ1) is 13.1. The molecular formula is C20H22N2O4S. The number of piperidine rings is 1. The fourth-order valence-corrected chi connectivity index (χ4v) is 4.64. The number of carbonyl (C=O) groups excluding carboxylic acids is 1. The average Bonchev–Trinajstić information content (AvgIpc) is 3.33. The van der Waals surface area contributed by atoms with E-state index < -0.39 is 17.7 Å². The third-order valence-electron chi connectivity index (χ3n) is 5.38. The Bertz CT molecular complexity index is 801. The van der Waals surface area contributed by atoms with Crippen molar-refractivity contribution in [3.8, 4) is 0 Å². The summed E-state index contributed by atoms with van der Waals surface area (Å²) < 4.78 is 5.99. The van der Waals surface area contributed by atoms with Crippen molar-refractivity contribution >= 4 is 23.2 Å². The molecule has 1 atom stereocenters. The zero-order valence-electron chi connectivity index (χ0n) is 14.9. The predicted octanol–water partition coefficient (Wildman–Crippen LogP) is 2.67. The molecule has 3 heterocycles.